The highest BCUT2D eigenvalue weighted by molar-refractivity contribution is 6.27. The monoisotopic (exact) mass is 504 g/mol. The van der Waals surface area contributed by atoms with Crippen molar-refractivity contribution >= 4 is 23.4 Å². The van der Waals surface area contributed by atoms with Crippen LogP contribution in [0.2, 0.25) is 0 Å². The van der Waals surface area contributed by atoms with Gasteiger partial charge in [0.2, 0.25) is 11.8 Å². The lowest BCUT2D eigenvalue weighted by Gasteiger charge is -2.32. The zero-order valence-corrected chi connectivity index (χ0v) is 21.2. The average Bonchev–Trinajstić information content (AvgIpc) is 3.13. The normalized spacial score (nSPS) is 15.1. The van der Waals surface area contributed by atoms with E-state index in [1.165, 1.54) is 24.1 Å². The Balaban J connectivity index is 2.00. The van der Waals surface area contributed by atoms with Gasteiger partial charge in [0, 0.05) is 12.6 Å². The first-order valence-electron chi connectivity index (χ1n) is 12.2. The second-order valence-corrected chi connectivity index (χ2v) is 8.99. The number of hydrogen-bond acceptors (Lipinski definition) is 4. The quantitative estimate of drug-likeness (QED) is 0.348. The molecule has 8 heteroatoms. The van der Waals surface area contributed by atoms with Crippen molar-refractivity contribution in [3.63, 3.8) is 0 Å². The van der Waals surface area contributed by atoms with Crippen LogP contribution in [-0.2, 0) is 16.1 Å². The van der Waals surface area contributed by atoms with Crippen molar-refractivity contribution in [3.05, 3.63) is 59.4 Å². The Bertz CT molecular complexity index is 978. The van der Waals surface area contributed by atoms with Crippen LogP contribution < -0.4 is 14.8 Å². The van der Waals surface area contributed by atoms with Gasteiger partial charge in [-0.3, -0.25) is 9.59 Å². The van der Waals surface area contributed by atoms with E-state index in [1.54, 1.807) is 30.3 Å². The van der Waals surface area contributed by atoms with Crippen molar-refractivity contribution in [1.82, 2.24) is 10.2 Å². The maximum atomic E-state index is 13.8. The second kappa shape index (κ2) is 13.3. The highest BCUT2D eigenvalue weighted by Crippen LogP contribution is 2.34. The summed E-state index contributed by atoms with van der Waals surface area (Å²) in [6.45, 7) is 2.44. The Morgan fingerprint density at radius 1 is 1.09 bits per heavy atom. The van der Waals surface area contributed by atoms with Gasteiger partial charge in [0.05, 0.1) is 13.7 Å². The summed E-state index contributed by atoms with van der Waals surface area (Å²) < 4.78 is 24.6. The van der Waals surface area contributed by atoms with Gasteiger partial charge < -0.3 is 19.7 Å². The molecule has 0 bridgehead atoms. The van der Waals surface area contributed by atoms with Crippen molar-refractivity contribution in [2.24, 2.45) is 0 Å². The largest absolute Gasteiger partial charge is 0.493 e. The van der Waals surface area contributed by atoms with Crippen LogP contribution in [0, 0.1) is 5.82 Å². The summed E-state index contributed by atoms with van der Waals surface area (Å²) in [7, 11) is 1.53. The molecule has 1 saturated carbocycles. The fourth-order valence-corrected chi connectivity index (χ4v) is 4.65. The third-order valence-electron chi connectivity index (χ3n) is 6.27. The van der Waals surface area contributed by atoms with Crippen molar-refractivity contribution in [3.8, 4) is 11.5 Å². The van der Waals surface area contributed by atoms with E-state index in [-0.39, 0.29) is 30.2 Å². The maximum Gasteiger partial charge on any atom is 0.247 e. The van der Waals surface area contributed by atoms with Gasteiger partial charge >= 0.3 is 0 Å². The first kappa shape index (κ1) is 26.8. The number of rotatable bonds is 10. The van der Waals surface area contributed by atoms with Gasteiger partial charge in [-0.1, -0.05) is 43.9 Å². The van der Waals surface area contributed by atoms with E-state index >= 15 is 0 Å². The summed E-state index contributed by atoms with van der Waals surface area (Å²) in [5, 5.41) is 3.18. The van der Waals surface area contributed by atoms with Crippen LogP contribution >= 0.6 is 11.6 Å². The molecule has 0 unspecified atom stereocenters. The van der Waals surface area contributed by atoms with Crippen LogP contribution in [0.15, 0.2) is 42.5 Å². The fraction of sp³-hybridized carbons (Fsp3) is 0.481. The van der Waals surface area contributed by atoms with Gasteiger partial charge in [0.25, 0.3) is 0 Å². The Kier molecular flexibility index (Phi) is 10.2. The topological polar surface area (TPSA) is 67.9 Å². The Hall–Kier alpha value is -2.80. The number of halogens is 2. The third kappa shape index (κ3) is 7.34. The Morgan fingerprint density at radius 3 is 2.37 bits per heavy atom. The molecule has 0 saturated heterocycles. The van der Waals surface area contributed by atoms with Crippen LogP contribution in [0.4, 0.5) is 4.39 Å². The molecule has 1 aliphatic rings. The summed E-state index contributed by atoms with van der Waals surface area (Å²) >= 11 is 5.99. The molecule has 0 radical (unpaired) electrons. The van der Waals surface area contributed by atoms with Crippen molar-refractivity contribution in [1.29, 1.82) is 0 Å². The summed E-state index contributed by atoms with van der Waals surface area (Å²) in [6.07, 6.45) is 6.26. The van der Waals surface area contributed by atoms with Gasteiger partial charge in [0.1, 0.15) is 17.7 Å². The fourth-order valence-electron chi connectivity index (χ4n) is 4.49. The van der Waals surface area contributed by atoms with E-state index in [4.69, 9.17) is 21.1 Å². The molecule has 1 N–H and O–H groups in total. The summed E-state index contributed by atoms with van der Waals surface area (Å²) in [5.41, 5.74) is 1.27. The molecule has 0 spiro atoms. The Morgan fingerprint density at radius 2 is 1.77 bits per heavy atom. The molecular formula is C27H34ClFN2O4. The molecule has 2 amide bonds. The molecule has 3 rings (SSSR count). The SMILES string of the molecule is CCOc1ccc([C@@H](C(=O)NC2CCCCCC2)N(Cc2ccc(F)cc2)C(=O)CCl)cc1OC. The molecule has 2 aromatic rings. The van der Waals surface area contributed by atoms with Crippen molar-refractivity contribution in [2.45, 2.75) is 64.1 Å². The number of methoxy groups -OCH3 is 1. The number of alkyl halides is 1. The molecule has 190 valence electrons. The number of nitrogens with one attached hydrogen (secondary N) is 1. The number of carbonyl (C=O) groups excluding carboxylic acids is 2. The number of nitrogens with zero attached hydrogens (tertiary/aromatic N) is 1. The molecule has 35 heavy (non-hydrogen) atoms. The molecule has 1 aliphatic carbocycles. The van der Waals surface area contributed by atoms with E-state index in [0.717, 1.165) is 38.5 Å². The molecule has 0 aliphatic heterocycles. The highest BCUT2D eigenvalue weighted by atomic mass is 35.5. The summed E-state index contributed by atoms with van der Waals surface area (Å²) in [6, 6.07) is 10.2. The number of hydrogen-bond donors (Lipinski definition) is 1. The predicted octanol–water partition coefficient (Wildman–Crippen LogP) is 5.38. The van der Waals surface area contributed by atoms with Crippen LogP contribution in [0.25, 0.3) is 0 Å². The van der Waals surface area contributed by atoms with Gasteiger partial charge in [0.15, 0.2) is 11.5 Å². The summed E-state index contributed by atoms with van der Waals surface area (Å²) in [4.78, 5) is 28.3. The molecule has 1 fully saturated rings. The van der Waals surface area contributed by atoms with Gasteiger partial charge in [-0.15, -0.1) is 11.6 Å². The molecule has 0 aromatic heterocycles. The van der Waals surface area contributed by atoms with E-state index in [2.05, 4.69) is 5.32 Å². The first-order valence-corrected chi connectivity index (χ1v) is 12.7. The number of benzene rings is 2. The van der Waals surface area contributed by atoms with E-state index in [0.29, 0.717) is 29.2 Å². The Labute approximate surface area is 211 Å². The minimum absolute atomic E-state index is 0.0517. The lowest BCUT2D eigenvalue weighted by Crippen LogP contribution is -2.46. The van der Waals surface area contributed by atoms with Crippen molar-refractivity contribution in [2.75, 3.05) is 19.6 Å². The predicted molar refractivity (Wildman–Crippen MR) is 134 cm³/mol. The zero-order chi connectivity index (χ0) is 25.2. The minimum Gasteiger partial charge on any atom is -0.493 e. The molecule has 2 aromatic carbocycles. The standard InChI is InChI=1S/C27H34ClFN2O4/c1-3-35-23-15-12-20(16-24(23)34-2)26(27(33)30-22-8-6-4-5-7-9-22)31(25(32)17-28)18-19-10-13-21(29)14-11-19/h10-16,22,26H,3-9,17-18H2,1-2H3,(H,30,33)/t26-/m0/s1. The average molecular weight is 505 g/mol. The molecular weight excluding hydrogens is 471 g/mol. The van der Waals surface area contributed by atoms with Gasteiger partial charge in [-0.05, 0) is 55.2 Å². The third-order valence-corrected chi connectivity index (χ3v) is 6.49. The lowest BCUT2D eigenvalue weighted by molar-refractivity contribution is -0.140. The smallest absolute Gasteiger partial charge is 0.247 e. The molecule has 6 nitrogen and oxygen atoms in total. The highest BCUT2D eigenvalue weighted by Gasteiger charge is 2.33. The zero-order valence-electron chi connectivity index (χ0n) is 20.4. The first-order chi connectivity index (χ1) is 17.0. The van der Waals surface area contributed by atoms with Crippen LogP contribution in [-0.4, -0.2) is 42.4 Å². The van der Waals surface area contributed by atoms with E-state index in [9.17, 15) is 14.0 Å². The van der Waals surface area contributed by atoms with Crippen LogP contribution in [0.5, 0.6) is 11.5 Å². The summed E-state index contributed by atoms with van der Waals surface area (Å²) in [5.74, 6) is -0.314. The van der Waals surface area contributed by atoms with Crippen LogP contribution in [0.1, 0.15) is 62.6 Å². The van der Waals surface area contributed by atoms with E-state index < -0.39 is 11.9 Å². The number of amides is 2. The maximum absolute atomic E-state index is 13.8. The lowest BCUT2D eigenvalue weighted by atomic mass is 10.0. The molecule has 1 atom stereocenters. The van der Waals surface area contributed by atoms with Crippen molar-refractivity contribution < 1.29 is 23.5 Å². The van der Waals surface area contributed by atoms with Gasteiger partial charge in [-0.2, -0.15) is 0 Å². The number of carbonyl (C=O) groups is 2. The molecule has 0 heterocycles. The van der Waals surface area contributed by atoms with Crippen LogP contribution in [0.3, 0.4) is 0 Å². The van der Waals surface area contributed by atoms with E-state index in [1.807, 2.05) is 6.92 Å². The number of ether oxygens (including phenoxy) is 2. The van der Waals surface area contributed by atoms with Gasteiger partial charge in [-0.25, -0.2) is 4.39 Å². The minimum atomic E-state index is -0.945. The second-order valence-electron chi connectivity index (χ2n) is 8.72.